The second kappa shape index (κ2) is 8.78. The van der Waals surface area contributed by atoms with Crippen molar-refractivity contribution in [2.24, 2.45) is 0 Å². The van der Waals surface area contributed by atoms with Gasteiger partial charge in [0.1, 0.15) is 5.01 Å². The van der Waals surface area contributed by atoms with Crippen molar-refractivity contribution in [2.75, 3.05) is 0 Å². The zero-order valence-corrected chi connectivity index (χ0v) is 17.6. The van der Waals surface area contributed by atoms with Gasteiger partial charge in [0.2, 0.25) is 0 Å². The van der Waals surface area contributed by atoms with E-state index in [-0.39, 0.29) is 5.91 Å². The first-order chi connectivity index (χ1) is 14.1. The fraction of sp³-hybridized carbons (Fsp3) is 0.0435. The molecule has 1 aromatic heterocycles. The van der Waals surface area contributed by atoms with Gasteiger partial charge < -0.3 is 5.32 Å². The van der Waals surface area contributed by atoms with Gasteiger partial charge in [-0.15, -0.1) is 11.3 Å². The number of hydrogen-bond acceptors (Lipinski definition) is 3. The van der Waals surface area contributed by atoms with E-state index in [1.807, 2.05) is 42.5 Å². The Kier molecular flexibility index (Phi) is 5.95. The Hall–Kier alpha value is -2.66. The minimum atomic E-state index is -0.194. The largest absolute Gasteiger partial charge is 0.348 e. The van der Waals surface area contributed by atoms with Crippen LogP contribution in [0.3, 0.4) is 0 Å². The van der Waals surface area contributed by atoms with E-state index in [9.17, 15) is 4.79 Å². The number of thiazole rings is 1. The first-order valence-corrected chi connectivity index (χ1v) is 10.6. The molecule has 0 aliphatic rings. The van der Waals surface area contributed by atoms with Gasteiger partial charge in [0.15, 0.2) is 0 Å². The van der Waals surface area contributed by atoms with Crippen molar-refractivity contribution in [1.82, 2.24) is 10.3 Å². The summed E-state index contributed by atoms with van der Waals surface area (Å²) in [6.07, 6.45) is 0. The summed E-state index contributed by atoms with van der Waals surface area (Å²) in [4.78, 5) is 17.0. The van der Waals surface area contributed by atoms with Crippen LogP contribution in [0.25, 0.3) is 21.8 Å². The lowest BCUT2D eigenvalue weighted by molar-refractivity contribution is 0.0951. The van der Waals surface area contributed by atoms with Crippen LogP contribution in [0.5, 0.6) is 0 Å². The number of rotatable bonds is 5. The van der Waals surface area contributed by atoms with Crippen molar-refractivity contribution >= 4 is 40.4 Å². The summed E-state index contributed by atoms with van der Waals surface area (Å²) in [6.45, 7) is 0.423. The number of aromatic nitrogens is 1. The topological polar surface area (TPSA) is 42.0 Å². The Morgan fingerprint density at radius 1 is 0.897 bits per heavy atom. The molecule has 6 heteroatoms. The van der Waals surface area contributed by atoms with Crippen LogP contribution in [0.2, 0.25) is 10.0 Å². The average molecular weight is 439 g/mol. The van der Waals surface area contributed by atoms with E-state index < -0.39 is 0 Å². The first-order valence-electron chi connectivity index (χ1n) is 8.93. The Balaban J connectivity index is 1.41. The summed E-state index contributed by atoms with van der Waals surface area (Å²) in [6, 6.07) is 23.0. The molecule has 3 aromatic carbocycles. The standard InChI is InChI=1S/C23H16Cl2N2OS/c24-19-11-10-18(12-20(19)25)22(28)26-13-15-6-8-17(9-7-15)23-27-21(14-29-23)16-4-2-1-3-5-16/h1-12,14H,13H2,(H,26,28). The molecule has 0 spiro atoms. The Labute approximate surface area is 183 Å². The Morgan fingerprint density at radius 3 is 2.38 bits per heavy atom. The van der Waals surface area contributed by atoms with E-state index in [1.54, 1.807) is 29.5 Å². The molecule has 29 heavy (non-hydrogen) atoms. The maximum Gasteiger partial charge on any atom is 0.251 e. The fourth-order valence-corrected chi connectivity index (χ4v) is 3.97. The highest BCUT2D eigenvalue weighted by molar-refractivity contribution is 7.13. The van der Waals surface area contributed by atoms with Crippen LogP contribution in [0.1, 0.15) is 15.9 Å². The van der Waals surface area contributed by atoms with E-state index in [1.165, 1.54) is 0 Å². The van der Waals surface area contributed by atoms with Gasteiger partial charge in [-0.1, -0.05) is 77.8 Å². The molecule has 4 aromatic rings. The van der Waals surface area contributed by atoms with Crippen molar-refractivity contribution in [3.63, 3.8) is 0 Å². The van der Waals surface area contributed by atoms with Crippen molar-refractivity contribution in [3.8, 4) is 21.8 Å². The fourth-order valence-electron chi connectivity index (χ4n) is 2.83. The molecule has 4 rings (SSSR count). The van der Waals surface area contributed by atoms with Gasteiger partial charge in [-0.05, 0) is 23.8 Å². The number of nitrogens with one attached hydrogen (secondary N) is 1. The second-order valence-electron chi connectivity index (χ2n) is 6.41. The number of halogens is 2. The molecule has 0 bridgehead atoms. The molecule has 0 saturated heterocycles. The van der Waals surface area contributed by atoms with Gasteiger partial charge >= 0.3 is 0 Å². The molecule has 144 valence electrons. The van der Waals surface area contributed by atoms with Crippen molar-refractivity contribution in [3.05, 3.63) is 99.3 Å². The maximum atomic E-state index is 12.3. The highest BCUT2D eigenvalue weighted by Gasteiger charge is 2.09. The predicted molar refractivity (Wildman–Crippen MR) is 121 cm³/mol. The van der Waals surface area contributed by atoms with E-state index in [0.29, 0.717) is 22.2 Å². The van der Waals surface area contributed by atoms with Gasteiger partial charge in [-0.2, -0.15) is 0 Å². The molecule has 0 radical (unpaired) electrons. The molecule has 0 aliphatic heterocycles. The van der Waals surface area contributed by atoms with Crippen molar-refractivity contribution < 1.29 is 4.79 Å². The minimum absolute atomic E-state index is 0.194. The van der Waals surface area contributed by atoms with Crippen LogP contribution in [0, 0.1) is 0 Å². The van der Waals surface area contributed by atoms with E-state index in [4.69, 9.17) is 28.2 Å². The molecule has 3 nitrogen and oxygen atoms in total. The monoisotopic (exact) mass is 438 g/mol. The molecule has 1 N–H and O–H groups in total. The van der Waals surface area contributed by atoms with E-state index >= 15 is 0 Å². The van der Waals surface area contributed by atoms with Gasteiger partial charge in [0.05, 0.1) is 15.7 Å². The zero-order chi connectivity index (χ0) is 20.2. The Bertz CT molecular complexity index is 1140. The third kappa shape index (κ3) is 4.67. The summed E-state index contributed by atoms with van der Waals surface area (Å²) in [5.41, 5.74) is 4.62. The number of benzene rings is 3. The molecule has 1 heterocycles. The van der Waals surface area contributed by atoms with Crippen LogP contribution in [0.4, 0.5) is 0 Å². The molecule has 1 amide bonds. The van der Waals surface area contributed by atoms with Crippen LogP contribution in [-0.4, -0.2) is 10.9 Å². The SMILES string of the molecule is O=C(NCc1ccc(-c2nc(-c3ccccc3)cs2)cc1)c1ccc(Cl)c(Cl)c1. The highest BCUT2D eigenvalue weighted by atomic mass is 35.5. The zero-order valence-electron chi connectivity index (χ0n) is 15.2. The lowest BCUT2D eigenvalue weighted by Gasteiger charge is -2.07. The Morgan fingerprint density at radius 2 is 1.66 bits per heavy atom. The van der Waals surface area contributed by atoms with Crippen LogP contribution in [0.15, 0.2) is 78.2 Å². The number of carbonyl (C=O) groups excluding carboxylic acids is 1. The van der Waals surface area contributed by atoms with Gasteiger partial charge in [0, 0.05) is 28.6 Å². The molecule has 0 atom stereocenters. The lowest BCUT2D eigenvalue weighted by atomic mass is 10.1. The molecular weight excluding hydrogens is 423 g/mol. The van der Waals surface area contributed by atoms with Gasteiger partial charge in [-0.25, -0.2) is 4.98 Å². The molecule has 0 saturated carbocycles. The summed E-state index contributed by atoms with van der Waals surface area (Å²) >= 11 is 13.5. The van der Waals surface area contributed by atoms with E-state index in [2.05, 4.69) is 22.8 Å². The van der Waals surface area contributed by atoms with Crippen LogP contribution in [-0.2, 0) is 6.54 Å². The van der Waals surface area contributed by atoms with Crippen molar-refractivity contribution in [2.45, 2.75) is 6.54 Å². The quantitative estimate of drug-likeness (QED) is 0.375. The molecule has 0 fully saturated rings. The summed E-state index contributed by atoms with van der Waals surface area (Å²) in [5, 5.41) is 6.72. The first kappa shape index (κ1) is 19.6. The summed E-state index contributed by atoms with van der Waals surface area (Å²) < 4.78 is 0. The third-order valence-corrected chi connectivity index (χ3v) is 6.04. The van der Waals surface area contributed by atoms with E-state index in [0.717, 1.165) is 27.4 Å². The number of nitrogens with zero attached hydrogens (tertiary/aromatic N) is 1. The smallest absolute Gasteiger partial charge is 0.251 e. The van der Waals surface area contributed by atoms with Gasteiger partial charge in [-0.3, -0.25) is 4.79 Å². The number of hydrogen-bond donors (Lipinski definition) is 1. The lowest BCUT2D eigenvalue weighted by Crippen LogP contribution is -2.22. The average Bonchev–Trinajstić information content (AvgIpc) is 3.25. The second-order valence-corrected chi connectivity index (χ2v) is 8.08. The van der Waals surface area contributed by atoms with Crippen LogP contribution < -0.4 is 5.32 Å². The third-order valence-electron chi connectivity index (χ3n) is 4.41. The molecular formula is C23H16Cl2N2OS. The molecule has 0 aliphatic carbocycles. The normalized spacial score (nSPS) is 10.7. The summed E-state index contributed by atoms with van der Waals surface area (Å²) in [7, 11) is 0. The van der Waals surface area contributed by atoms with Gasteiger partial charge in [0.25, 0.3) is 5.91 Å². The maximum absolute atomic E-state index is 12.3. The predicted octanol–water partition coefficient (Wildman–Crippen LogP) is 6.71. The number of carbonyl (C=O) groups is 1. The van der Waals surface area contributed by atoms with Crippen LogP contribution >= 0.6 is 34.5 Å². The molecule has 0 unspecified atom stereocenters. The number of amides is 1. The minimum Gasteiger partial charge on any atom is -0.348 e. The van der Waals surface area contributed by atoms with Crippen molar-refractivity contribution in [1.29, 1.82) is 0 Å². The summed E-state index contributed by atoms with van der Waals surface area (Å²) in [5.74, 6) is -0.194. The highest BCUT2D eigenvalue weighted by Crippen LogP contribution is 2.29.